The molecule has 0 aliphatic heterocycles. The van der Waals surface area contributed by atoms with E-state index in [4.69, 9.17) is 21.7 Å². The van der Waals surface area contributed by atoms with Gasteiger partial charge in [0.05, 0.1) is 29.2 Å². The van der Waals surface area contributed by atoms with Crippen LogP contribution in [0.4, 0.5) is 10.5 Å². The molecule has 7 heteroatoms. The highest BCUT2D eigenvalue weighted by molar-refractivity contribution is 7.78. The fourth-order valence-electron chi connectivity index (χ4n) is 3.65. The van der Waals surface area contributed by atoms with E-state index in [2.05, 4.69) is 27.4 Å². The summed E-state index contributed by atoms with van der Waals surface area (Å²) >= 11 is 4.75. The number of pyridine rings is 1. The van der Waals surface area contributed by atoms with E-state index in [0.717, 1.165) is 24.1 Å². The van der Waals surface area contributed by atoms with Crippen molar-refractivity contribution < 1.29 is 14.3 Å². The quantitative estimate of drug-likeness (QED) is 0.628. The molecule has 1 amide bonds. The van der Waals surface area contributed by atoms with Gasteiger partial charge in [0.25, 0.3) is 0 Å². The molecular weight excluding hydrogens is 350 g/mol. The SMILES string of the molecule is CO[C@@H]1[C@@H](C)C[C@@H](c2ccncc2N=C=S)C[C@H]1NC(=O)OC(C)(C)C. The van der Waals surface area contributed by atoms with E-state index in [1.54, 1.807) is 19.5 Å². The normalized spacial score (nSPS) is 25.9. The molecule has 0 aromatic carbocycles. The zero-order valence-electron chi connectivity index (χ0n) is 16.0. The summed E-state index contributed by atoms with van der Waals surface area (Å²) in [4.78, 5) is 20.5. The Hall–Kier alpha value is -1.82. The lowest BCUT2D eigenvalue weighted by Crippen LogP contribution is -2.51. The maximum Gasteiger partial charge on any atom is 0.407 e. The summed E-state index contributed by atoms with van der Waals surface area (Å²) in [7, 11) is 1.68. The van der Waals surface area contributed by atoms with Crippen LogP contribution in [0, 0.1) is 5.92 Å². The van der Waals surface area contributed by atoms with Crippen LogP contribution in [0.15, 0.2) is 23.5 Å². The molecular formula is C19H27N3O3S. The molecule has 1 fully saturated rings. The van der Waals surface area contributed by atoms with E-state index < -0.39 is 11.7 Å². The number of nitrogens with one attached hydrogen (secondary N) is 1. The van der Waals surface area contributed by atoms with Crippen molar-refractivity contribution in [1.82, 2.24) is 10.3 Å². The fourth-order valence-corrected chi connectivity index (χ4v) is 3.75. The molecule has 1 aromatic heterocycles. The first-order valence-electron chi connectivity index (χ1n) is 8.79. The van der Waals surface area contributed by atoms with Crippen molar-refractivity contribution in [2.45, 2.75) is 64.2 Å². The second kappa shape index (κ2) is 8.71. The number of aliphatic imine (C=N–C) groups is 1. The predicted octanol–water partition coefficient (Wildman–Crippen LogP) is 4.24. The number of carbonyl (C=O) groups is 1. The number of hydrogen-bond donors (Lipinski definition) is 1. The molecule has 26 heavy (non-hydrogen) atoms. The molecule has 1 N–H and O–H groups in total. The summed E-state index contributed by atoms with van der Waals surface area (Å²) in [5.41, 5.74) is 1.25. The lowest BCUT2D eigenvalue weighted by Gasteiger charge is -2.40. The molecule has 0 radical (unpaired) electrons. The molecule has 4 atom stereocenters. The zero-order valence-corrected chi connectivity index (χ0v) is 16.8. The first-order chi connectivity index (χ1) is 12.2. The van der Waals surface area contributed by atoms with E-state index in [1.807, 2.05) is 26.8 Å². The molecule has 1 aromatic rings. The number of methoxy groups -OCH3 is 1. The number of thiocarbonyl (C=S) groups is 1. The standard InChI is InChI=1S/C19H27N3O3S/c1-12-8-13(14-6-7-20-10-16(14)21-11-26)9-15(17(12)24-5)22-18(23)25-19(2,3)4/h6-7,10,12-13,15,17H,8-9H2,1-5H3,(H,22,23)/t12-,13+,15+,17+/m0/s1. The Balaban J connectivity index is 2.22. The molecule has 1 heterocycles. The zero-order chi connectivity index (χ0) is 19.3. The van der Waals surface area contributed by atoms with E-state index in [9.17, 15) is 4.79 Å². The summed E-state index contributed by atoms with van der Waals surface area (Å²) in [5.74, 6) is 0.470. The van der Waals surface area contributed by atoms with Crippen LogP contribution in [0.2, 0.25) is 0 Å². The molecule has 1 saturated carbocycles. The lowest BCUT2D eigenvalue weighted by atomic mass is 9.74. The number of ether oxygens (including phenoxy) is 2. The Morgan fingerprint density at radius 2 is 2.15 bits per heavy atom. The minimum atomic E-state index is -0.543. The van der Waals surface area contributed by atoms with Gasteiger partial charge in [0.15, 0.2) is 0 Å². The molecule has 0 saturated heterocycles. The predicted molar refractivity (Wildman–Crippen MR) is 104 cm³/mol. The van der Waals surface area contributed by atoms with Gasteiger partial charge < -0.3 is 14.8 Å². The van der Waals surface area contributed by atoms with E-state index in [-0.39, 0.29) is 24.0 Å². The Bertz CT molecular complexity index is 683. The van der Waals surface area contributed by atoms with Gasteiger partial charge in [-0.2, -0.15) is 4.99 Å². The van der Waals surface area contributed by atoms with Crippen LogP contribution in [-0.2, 0) is 9.47 Å². The van der Waals surface area contributed by atoms with Gasteiger partial charge in [-0.3, -0.25) is 4.98 Å². The van der Waals surface area contributed by atoms with Gasteiger partial charge in [-0.05, 0) is 69.3 Å². The molecule has 2 rings (SSSR count). The van der Waals surface area contributed by atoms with Crippen molar-refractivity contribution in [3.05, 3.63) is 24.0 Å². The van der Waals surface area contributed by atoms with Crippen LogP contribution in [0.25, 0.3) is 0 Å². The van der Waals surface area contributed by atoms with Crippen molar-refractivity contribution in [1.29, 1.82) is 0 Å². The summed E-state index contributed by atoms with van der Waals surface area (Å²) in [6.07, 6.45) is 4.60. The average molecular weight is 378 g/mol. The summed E-state index contributed by atoms with van der Waals surface area (Å²) < 4.78 is 11.1. The largest absolute Gasteiger partial charge is 0.444 e. The van der Waals surface area contributed by atoms with Gasteiger partial charge in [0.1, 0.15) is 5.60 Å². The maximum absolute atomic E-state index is 12.3. The van der Waals surface area contributed by atoms with Crippen LogP contribution in [0.1, 0.15) is 52.0 Å². The third-order valence-electron chi connectivity index (χ3n) is 4.57. The maximum atomic E-state index is 12.3. The molecule has 0 bridgehead atoms. The van der Waals surface area contributed by atoms with Crippen LogP contribution in [-0.4, -0.2) is 41.1 Å². The molecule has 6 nitrogen and oxygen atoms in total. The topological polar surface area (TPSA) is 72.8 Å². The monoisotopic (exact) mass is 377 g/mol. The Kier molecular flexibility index (Phi) is 6.87. The van der Waals surface area contributed by atoms with Crippen molar-refractivity contribution >= 4 is 29.2 Å². The molecule has 0 unspecified atom stereocenters. The van der Waals surface area contributed by atoms with Gasteiger partial charge in [0.2, 0.25) is 0 Å². The fraction of sp³-hybridized carbons (Fsp3) is 0.632. The first-order valence-corrected chi connectivity index (χ1v) is 9.20. The molecule has 1 aliphatic carbocycles. The number of nitrogens with zero attached hydrogens (tertiary/aromatic N) is 2. The summed E-state index contributed by atoms with van der Waals surface area (Å²) in [6.45, 7) is 7.67. The number of rotatable bonds is 4. The van der Waals surface area contributed by atoms with Crippen LogP contribution in [0.5, 0.6) is 0 Å². The highest BCUT2D eigenvalue weighted by Gasteiger charge is 2.38. The van der Waals surface area contributed by atoms with Gasteiger partial charge in [-0.1, -0.05) is 6.92 Å². The Morgan fingerprint density at radius 3 is 2.77 bits per heavy atom. The van der Waals surface area contributed by atoms with E-state index in [1.165, 1.54) is 0 Å². The van der Waals surface area contributed by atoms with Crippen molar-refractivity contribution in [2.75, 3.05) is 7.11 Å². The molecule has 0 spiro atoms. The third-order valence-corrected chi connectivity index (χ3v) is 4.66. The van der Waals surface area contributed by atoms with Gasteiger partial charge in [0, 0.05) is 13.3 Å². The number of alkyl carbamates (subject to hydrolysis) is 1. The van der Waals surface area contributed by atoms with Crippen LogP contribution >= 0.6 is 12.2 Å². The number of isothiocyanates is 1. The Labute approximate surface area is 160 Å². The van der Waals surface area contributed by atoms with Crippen LogP contribution in [0.3, 0.4) is 0 Å². The summed E-state index contributed by atoms with van der Waals surface area (Å²) in [6, 6.07) is 1.81. The first kappa shape index (κ1) is 20.5. The molecule has 142 valence electrons. The van der Waals surface area contributed by atoms with Gasteiger partial charge in [-0.25, -0.2) is 4.79 Å². The number of hydrogen-bond acceptors (Lipinski definition) is 6. The van der Waals surface area contributed by atoms with Crippen LogP contribution < -0.4 is 5.32 Å². The second-order valence-electron chi connectivity index (χ2n) is 7.74. The highest BCUT2D eigenvalue weighted by atomic mass is 32.1. The highest BCUT2D eigenvalue weighted by Crippen LogP contribution is 2.40. The minimum Gasteiger partial charge on any atom is -0.444 e. The molecule has 1 aliphatic rings. The number of aromatic nitrogens is 1. The van der Waals surface area contributed by atoms with Crippen molar-refractivity contribution in [3.63, 3.8) is 0 Å². The smallest absolute Gasteiger partial charge is 0.407 e. The van der Waals surface area contributed by atoms with Gasteiger partial charge >= 0.3 is 6.09 Å². The van der Waals surface area contributed by atoms with Crippen molar-refractivity contribution in [2.24, 2.45) is 10.9 Å². The Morgan fingerprint density at radius 1 is 1.42 bits per heavy atom. The summed E-state index contributed by atoms with van der Waals surface area (Å²) in [5, 5.41) is 5.41. The lowest BCUT2D eigenvalue weighted by molar-refractivity contribution is -0.00869. The van der Waals surface area contributed by atoms with Gasteiger partial charge in [-0.15, -0.1) is 0 Å². The van der Waals surface area contributed by atoms with E-state index in [0.29, 0.717) is 0 Å². The average Bonchev–Trinajstić information content (AvgIpc) is 2.53. The second-order valence-corrected chi connectivity index (χ2v) is 7.92. The number of carbonyl (C=O) groups excluding carboxylic acids is 1. The van der Waals surface area contributed by atoms with E-state index >= 15 is 0 Å². The minimum absolute atomic E-state index is 0.0712. The number of amides is 1. The third kappa shape index (κ3) is 5.34. The van der Waals surface area contributed by atoms with Crippen molar-refractivity contribution in [3.8, 4) is 0 Å².